The molecule has 1 aliphatic rings. The minimum absolute atomic E-state index is 0.152. The van der Waals surface area contributed by atoms with Gasteiger partial charge in [0.25, 0.3) is 0 Å². The average molecular weight is 438 g/mol. The Bertz CT molecular complexity index is 1160. The van der Waals surface area contributed by atoms with Crippen LogP contribution in [0.2, 0.25) is 0 Å². The molecular weight excluding hydrogens is 410 g/mol. The van der Waals surface area contributed by atoms with E-state index < -0.39 is 10.0 Å². The lowest BCUT2D eigenvalue weighted by Gasteiger charge is -2.32. The van der Waals surface area contributed by atoms with Crippen LogP contribution in [0.15, 0.2) is 53.7 Å². The Labute approximate surface area is 183 Å². The number of sulfonamides is 1. The molecule has 0 radical (unpaired) electrons. The molecule has 0 atom stereocenters. The summed E-state index contributed by atoms with van der Waals surface area (Å²) < 4.78 is 27.5. The van der Waals surface area contributed by atoms with E-state index in [4.69, 9.17) is 4.98 Å². The lowest BCUT2D eigenvalue weighted by Crippen LogP contribution is -2.42. The predicted octanol–water partition coefficient (Wildman–Crippen LogP) is 3.73. The minimum atomic E-state index is -3.46. The summed E-state index contributed by atoms with van der Waals surface area (Å²) in [4.78, 5) is 13.8. The van der Waals surface area contributed by atoms with Gasteiger partial charge in [-0.05, 0) is 57.9 Å². The summed E-state index contributed by atoms with van der Waals surface area (Å²) in [5.41, 5.74) is 3.83. The van der Waals surface area contributed by atoms with E-state index in [0.717, 1.165) is 41.0 Å². The second-order valence-corrected chi connectivity index (χ2v) is 9.92. The molecule has 0 aliphatic carbocycles. The van der Waals surface area contributed by atoms with Crippen molar-refractivity contribution in [3.63, 3.8) is 0 Å². The third-order valence-electron chi connectivity index (χ3n) is 5.76. The molecule has 1 saturated heterocycles. The summed E-state index contributed by atoms with van der Waals surface area (Å²) in [6.07, 6.45) is 4.91. The zero-order chi connectivity index (χ0) is 22.0. The van der Waals surface area contributed by atoms with E-state index in [2.05, 4.69) is 15.3 Å². The van der Waals surface area contributed by atoms with Gasteiger partial charge < -0.3 is 5.32 Å². The quantitative estimate of drug-likeness (QED) is 0.654. The number of piperidine rings is 1. The zero-order valence-corrected chi connectivity index (χ0v) is 18.9. The van der Waals surface area contributed by atoms with E-state index in [-0.39, 0.29) is 6.04 Å². The lowest BCUT2D eigenvalue weighted by molar-refractivity contribution is 0.329. The van der Waals surface area contributed by atoms with Crippen molar-refractivity contribution in [2.75, 3.05) is 18.4 Å². The van der Waals surface area contributed by atoms with Gasteiger partial charge >= 0.3 is 0 Å². The summed E-state index contributed by atoms with van der Waals surface area (Å²) in [6, 6.07) is 11.0. The molecule has 31 heavy (non-hydrogen) atoms. The van der Waals surface area contributed by atoms with Crippen molar-refractivity contribution < 1.29 is 8.42 Å². The van der Waals surface area contributed by atoms with Gasteiger partial charge in [-0.3, -0.25) is 4.98 Å². The summed E-state index contributed by atoms with van der Waals surface area (Å²) >= 11 is 0. The van der Waals surface area contributed by atoms with Gasteiger partial charge in [0.15, 0.2) is 5.82 Å². The summed E-state index contributed by atoms with van der Waals surface area (Å²) in [5, 5.41) is 3.53. The van der Waals surface area contributed by atoms with Gasteiger partial charge in [0.05, 0.1) is 4.90 Å². The number of benzene rings is 1. The Hall–Kier alpha value is -2.84. The molecule has 1 fully saturated rings. The maximum Gasteiger partial charge on any atom is 0.243 e. The van der Waals surface area contributed by atoms with E-state index in [1.54, 1.807) is 28.8 Å². The number of pyridine rings is 1. The van der Waals surface area contributed by atoms with Crippen LogP contribution in [0.5, 0.6) is 0 Å². The number of nitrogens with zero attached hydrogens (tertiary/aromatic N) is 4. The van der Waals surface area contributed by atoms with Gasteiger partial charge in [-0.25, -0.2) is 18.4 Å². The third kappa shape index (κ3) is 4.60. The van der Waals surface area contributed by atoms with E-state index in [9.17, 15) is 8.42 Å². The van der Waals surface area contributed by atoms with E-state index in [1.165, 1.54) is 0 Å². The largest absolute Gasteiger partial charge is 0.367 e. The predicted molar refractivity (Wildman–Crippen MR) is 121 cm³/mol. The van der Waals surface area contributed by atoms with Crippen LogP contribution in [0.1, 0.15) is 29.7 Å². The fourth-order valence-electron chi connectivity index (χ4n) is 3.69. The van der Waals surface area contributed by atoms with Crippen LogP contribution in [0.4, 0.5) is 5.82 Å². The zero-order valence-electron chi connectivity index (χ0n) is 18.0. The van der Waals surface area contributed by atoms with E-state index in [1.807, 2.05) is 45.0 Å². The first-order valence-corrected chi connectivity index (χ1v) is 11.9. The highest BCUT2D eigenvalue weighted by atomic mass is 32.2. The molecule has 0 saturated carbocycles. The topological polar surface area (TPSA) is 88.1 Å². The lowest BCUT2D eigenvalue weighted by atomic mass is 10.1. The van der Waals surface area contributed by atoms with Crippen molar-refractivity contribution in [2.45, 2.75) is 44.6 Å². The van der Waals surface area contributed by atoms with Gasteiger partial charge in [-0.2, -0.15) is 4.31 Å². The Balaban J connectivity index is 1.47. The first kappa shape index (κ1) is 21.4. The maximum absolute atomic E-state index is 12.9. The minimum Gasteiger partial charge on any atom is -0.367 e. The number of anilines is 1. The molecule has 3 aromatic rings. The molecule has 1 aliphatic heterocycles. The Morgan fingerprint density at radius 3 is 2.35 bits per heavy atom. The highest BCUT2D eigenvalue weighted by Crippen LogP contribution is 2.26. The maximum atomic E-state index is 12.9. The molecular formula is C23H27N5O2S. The van der Waals surface area contributed by atoms with Crippen LogP contribution >= 0.6 is 0 Å². The second kappa shape index (κ2) is 8.72. The summed E-state index contributed by atoms with van der Waals surface area (Å²) in [6.45, 7) is 6.88. The first-order chi connectivity index (χ1) is 14.8. The van der Waals surface area contributed by atoms with Gasteiger partial charge in [0.1, 0.15) is 5.82 Å². The van der Waals surface area contributed by atoms with Crippen LogP contribution in [0.3, 0.4) is 0 Å². The van der Waals surface area contributed by atoms with Crippen LogP contribution in [-0.4, -0.2) is 46.8 Å². The van der Waals surface area contributed by atoms with Crippen molar-refractivity contribution in [1.29, 1.82) is 0 Å². The molecule has 3 heterocycles. The SMILES string of the molecule is Cc1ccc(S(=O)(=O)N2CCC(Nc3nc(-c4cccnc4)nc(C)c3C)CC2)cc1. The van der Waals surface area contributed by atoms with Crippen LogP contribution in [0, 0.1) is 20.8 Å². The molecule has 2 aromatic heterocycles. The third-order valence-corrected chi connectivity index (χ3v) is 7.68. The monoisotopic (exact) mass is 437 g/mol. The number of hydrogen-bond acceptors (Lipinski definition) is 6. The number of aryl methyl sites for hydroxylation is 2. The number of rotatable bonds is 5. The second-order valence-electron chi connectivity index (χ2n) is 7.98. The van der Waals surface area contributed by atoms with Crippen molar-refractivity contribution in [2.24, 2.45) is 0 Å². The highest BCUT2D eigenvalue weighted by Gasteiger charge is 2.29. The molecule has 0 amide bonds. The smallest absolute Gasteiger partial charge is 0.243 e. The first-order valence-electron chi connectivity index (χ1n) is 10.4. The van der Waals surface area contributed by atoms with Gasteiger partial charge in [-0.1, -0.05) is 17.7 Å². The Kier molecular flexibility index (Phi) is 6.02. The van der Waals surface area contributed by atoms with Gasteiger partial charge in [0, 0.05) is 48.3 Å². The number of aromatic nitrogens is 3. The molecule has 0 unspecified atom stereocenters. The van der Waals surface area contributed by atoms with Crippen LogP contribution in [0.25, 0.3) is 11.4 Å². The number of nitrogens with one attached hydrogen (secondary N) is 1. The molecule has 7 nitrogen and oxygen atoms in total. The fourth-order valence-corrected chi connectivity index (χ4v) is 5.16. The van der Waals surface area contributed by atoms with Crippen molar-refractivity contribution in [3.8, 4) is 11.4 Å². The van der Waals surface area contributed by atoms with E-state index in [0.29, 0.717) is 23.8 Å². The van der Waals surface area contributed by atoms with Crippen LogP contribution in [-0.2, 0) is 10.0 Å². The van der Waals surface area contributed by atoms with E-state index >= 15 is 0 Å². The van der Waals surface area contributed by atoms with Crippen molar-refractivity contribution >= 4 is 15.8 Å². The summed E-state index contributed by atoms with van der Waals surface area (Å²) in [5.74, 6) is 1.43. The average Bonchev–Trinajstić information content (AvgIpc) is 2.78. The highest BCUT2D eigenvalue weighted by molar-refractivity contribution is 7.89. The molecule has 0 spiro atoms. The van der Waals surface area contributed by atoms with Crippen LogP contribution < -0.4 is 5.32 Å². The molecule has 4 rings (SSSR count). The van der Waals surface area contributed by atoms with Gasteiger partial charge in [-0.15, -0.1) is 0 Å². The Morgan fingerprint density at radius 2 is 1.71 bits per heavy atom. The molecule has 1 aromatic carbocycles. The Morgan fingerprint density at radius 1 is 1.00 bits per heavy atom. The van der Waals surface area contributed by atoms with Crippen molar-refractivity contribution in [1.82, 2.24) is 19.3 Å². The molecule has 0 bridgehead atoms. The molecule has 1 N–H and O–H groups in total. The fraction of sp³-hybridized carbons (Fsp3) is 0.348. The number of hydrogen-bond donors (Lipinski definition) is 1. The van der Waals surface area contributed by atoms with Crippen molar-refractivity contribution in [3.05, 3.63) is 65.6 Å². The van der Waals surface area contributed by atoms with Gasteiger partial charge in [0.2, 0.25) is 10.0 Å². The summed E-state index contributed by atoms with van der Waals surface area (Å²) in [7, 11) is -3.46. The molecule has 8 heteroatoms. The molecule has 162 valence electrons. The normalized spacial score (nSPS) is 15.7. The standard InChI is InChI=1S/C23H27N5O2S/c1-16-6-8-21(9-7-16)31(29,30)28-13-10-20(11-14-28)26-22-17(2)18(3)25-23(27-22)19-5-4-12-24-15-19/h4-9,12,15,20H,10-11,13-14H2,1-3H3,(H,25,26,27).